The third-order valence-electron chi connectivity index (χ3n) is 3.11. The van der Waals surface area contributed by atoms with Crippen LogP contribution in [0.2, 0.25) is 5.02 Å². The lowest BCUT2D eigenvalue weighted by molar-refractivity contribution is 0.582. The van der Waals surface area contributed by atoms with E-state index in [9.17, 15) is 4.39 Å². The average Bonchev–Trinajstić information content (AvgIpc) is 2.43. The lowest BCUT2D eigenvalue weighted by Crippen LogP contribution is -2.19. The highest BCUT2D eigenvalue weighted by Crippen LogP contribution is 2.29. The van der Waals surface area contributed by atoms with Gasteiger partial charge in [0.2, 0.25) is 0 Å². The van der Waals surface area contributed by atoms with E-state index in [0.717, 1.165) is 20.1 Å². The molecule has 1 nitrogen and oxygen atoms in total. The molecule has 2 aromatic rings. The number of hydrogen-bond acceptors (Lipinski definition) is 1. The van der Waals surface area contributed by atoms with Crippen molar-refractivity contribution in [1.29, 1.82) is 0 Å². The van der Waals surface area contributed by atoms with E-state index in [0.29, 0.717) is 6.42 Å². The summed E-state index contributed by atoms with van der Waals surface area (Å²) in [6, 6.07) is 11.0. The van der Waals surface area contributed by atoms with Crippen LogP contribution in [0.5, 0.6) is 0 Å². The minimum atomic E-state index is -0.382. The van der Waals surface area contributed by atoms with Gasteiger partial charge in [-0.2, -0.15) is 0 Å². The molecule has 0 saturated heterocycles. The molecule has 0 aromatic heterocycles. The van der Waals surface area contributed by atoms with Gasteiger partial charge in [0.15, 0.2) is 0 Å². The van der Waals surface area contributed by atoms with Crippen molar-refractivity contribution in [2.24, 2.45) is 0 Å². The second-order valence-corrected chi connectivity index (χ2v) is 6.64. The highest BCUT2D eigenvalue weighted by molar-refractivity contribution is 9.11. The van der Waals surface area contributed by atoms with Crippen molar-refractivity contribution in [3.05, 3.63) is 67.3 Å². The van der Waals surface area contributed by atoms with Crippen molar-refractivity contribution in [1.82, 2.24) is 5.32 Å². The molecule has 0 aliphatic rings. The molecule has 1 N–H and O–H groups in total. The molecule has 0 aliphatic heterocycles. The van der Waals surface area contributed by atoms with Crippen molar-refractivity contribution in [2.45, 2.75) is 12.5 Å². The maximum Gasteiger partial charge on any atom is 0.142 e. The molecule has 5 heteroatoms. The van der Waals surface area contributed by atoms with Crippen molar-refractivity contribution in [2.75, 3.05) is 7.05 Å². The molecule has 0 bridgehead atoms. The molecule has 0 saturated carbocycles. The van der Waals surface area contributed by atoms with E-state index in [-0.39, 0.29) is 16.9 Å². The summed E-state index contributed by atoms with van der Waals surface area (Å²) in [6.45, 7) is 0. The van der Waals surface area contributed by atoms with Gasteiger partial charge >= 0.3 is 0 Å². The fourth-order valence-electron chi connectivity index (χ4n) is 2.05. The fourth-order valence-corrected chi connectivity index (χ4v) is 3.07. The monoisotopic (exact) mass is 419 g/mol. The fraction of sp³-hybridized carbons (Fsp3) is 0.200. The van der Waals surface area contributed by atoms with Crippen LogP contribution in [0.1, 0.15) is 17.2 Å². The summed E-state index contributed by atoms with van der Waals surface area (Å²) in [5.74, 6) is -0.382. The Morgan fingerprint density at radius 1 is 1.20 bits per heavy atom. The van der Waals surface area contributed by atoms with E-state index in [1.807, 2.05) is 25.2 Å². The number of rotatable bonds is 4. The van der Waals surface area contributed by atoms with Gasteiger partial charge < -0.3 is 5.32 Å². The molecular weight excluding hydrogens is 408 g/mol. The normalized spacial score (nSPS) is 12.4. The molecule has 2 aromatic carbocycles. The molecule has 0 aliphatic carbocycles. The van der Waals surface area contributed by atoms with Gasteiger partial charge in [0.1, 0.15) is 5.82 Å². The van der Waals surface area contributed by atoms with Crippen LogP contribution in [-0.2, 0) is 6.42 Å². The summed E-state index contributed by atoms with van der Waals surface area (Å²) in [6.07, 6.45) is 0.680. The summed E-state index contributed by atoms with van der Waals surface area (Å²) in [7, 11) is 1.89. The SMILES string of the molecule is CNC(Cc1ccc(Cl)c(F)c1)c1cc(Br)ccc1Br. The van der Waals surface area contributed by atoms with Crippen molar-refractivity contribution < 1.29 is 4.39 Å². The van der Waals surface area contributed by atoms with Crippen molar-refractivity contribution in [3.8, 4) is 0 Å². The Hall–Kier alpha value is -0.420. The largest absolute Gasteiger partial charge is 0.313 e. The summed E-state index contributed by atoms with van der Waals surface area (Å²) in [5, 5.41) is 3.41. The maximum absolute atomic E-state index is 13.5. The first-order chi connectivity index (χ1) is 9.51. The van der Waals surface area contributed by atoms with Crippen molar-refractivity contribution >= 4 is 43.5 Å². The summed E-state index contributed by atoms with van der Waals surface area (Å²) >= 11 is 12.7. The molecule has 106 valence electrons. The van der Waals surface area contributed by atoms with Gasteiger partial charge in [0.25, 0.3) is 0 Å². The van der Waals surface area contributed by atoms with Gasteiger partial charge in [-0.05, 0) is 54.9 Å². The van der Waals surface area contributed by atoms with Crippen LogP contribution < -0.4 is 5.32 Å². The zero-order valence-electron chi connectivity index (χ0n) is 10.8. The zero-order chi connectivity index (χ0) is 14.7. The van der Waals surface area contributed by atoms with Crippen LogP contribution in [0.3, 0.4) is 0 Å². The average molecular weight is 422 g/mol. The maximum atomic E-state index is 13.5. The predicted octanol–water partition coefficient (Wildman–Crippen LogP) is 5.51. The Bertz CT molecular complexity index is 619. The van der Waals surface area contributed by atoms with E-state index in [4.69, 9.17) is 11.6 Å². The van der Waals surface area contributed by atoms with E-state index in [2.05, 4.69) is 43.2 Å². The van der Waals surface area contributed by atoms with Crippen LogP contribution in [0.4, 0.5) is 4.39 Å². The van der Waals surface area contributed by atoms with Crippen LogP contribution in [0, 0.1) is 5.82 Å². The Labute approximate surface area is 139 Å². The number of benzene rings is 2. The topological polar surface area (TPSA) is 12.0 Å². The van der Waals surface area contributed by atoms with E-state index >= 15 is 0 Å². The highest BCUT2D eigenvalue weighted by Gasteiger charge is 2.14. The summed E-state index contributed by atoms with van der Waals surface area (Å²) in [5.41, 5.74) is 2.02. The summed E-state index contributed by atoms with van der Waals surface area (Å²) < 4.78 is 15.5. The molecule has 0 spiro atoms. The van der Waals surface area contributed by atoms with Crippen LogP contribution in [0.15, 0.2) is 45.3 Å². The molecular formula is C15H13Br2ClFN. The third kappa shape index (κ3) is 3.82. The molecule has 2 rings (SSSR count). The first kappa shape index (κ1) is 16.0. The minimum absolute atomic E-state index is 0.0856. The summed E-state index contributed by atoms with van der Waals surface area (Å²) in [4.78, 5) is 0. The Kier molecular flexibility index (Phi) is 5.61. The van der Waals surface area contributed by atoms with Gasteiger partial charge in [0, 0.05) is 15.0 Å². The predicted molar refractivity (Wildman–Crippen MR) is 88.8 cm³/mol. The molecule has 0 radical (unpaired) electrons. The number of nitrogens with one attached hydrogen (secondary N) is 1. The minimum Gasteiger partial charge on any atom is -0.313 e. The van der Waals surface area contributed by atoms with Crippen LogP contribution >= 0.6 is 43.5 Å². The molecule has 20 heavy (non-hydrogen) atoms. The molecule has 0 amide bonds. The number of hydrogen-bond donors (Lipinski definition) is 1. The Morgan fingerprint density at radius 3 is 2.60 bits per heavy atom. The van der Waals surface area contributed by atoms with Gasteiger partial charge in [-0.15, -0.1) is 0 Å². The Morgan fingerprint density at radius 2 is 1.95 bits per heavy atom. The molecule has 0 heterocycles. The smallest absolute Gasteiger partial charge is 0.142 e. The molecule has 1 atom stereocenters. The second kappa shape index (κ2) is 7.03. The number of halogens is 4. The van der Waals surface area contributed by atoms with Crippen LogP contribution in [-0.4, -0.2) is 7.05 Å². The Balaban J connectivity index is 2.28. The molecule has 1 unspecified atom stereocenters. The molecule has 0 fully saturated rings. The van der Waals surface area contributed by atoms with Gasteiger partial charge in [-0.25, -0.2) is 4.39 Å². The first-order valence-electron chi connectivity index (χ1n) is 6.07. The zero-order valence-corrected chi connectivity index (χ0v) is 14.7. The van der Waals surface area contributed by atoms with E-state index in [1.165, 1.54) is 6.07 Å². The second-order valence-electron chi connectivity index (χ2n) is 4.46. The lowest BCUT2D eigenvalue weighted by atomic mass is 9.99. The lowest BCUT2D eigenvalue weighted by Gasteiger charge is -2.19. The quantitative estimate of drug-likeness (QED) is 0.687. The number of likely N-dealkylation sites (N-methyl/N-ethyl adjacent to an activating group) is 1. The van der Waals surface area contributed by atoms with E-state index < -0.39 is 0 Å². The van der Waals surface area contributed by atoms with Crippen molar-refractivity contribution in [3.63, 3.8) is 0 Å². The van der Waals surface area contributed by atoms with Gasteiger partial charge in [-0.1, -0.05) is 49.5 Å². The standard InChI is InChI=1S/C15H13Br2ClFN/c1-20-15(11-8-10(16)3-4-12(11)17)7-9-2-5-13(18)14(19)6-9/h2-6,8,15,20H,7H2,1H3. The van der Waals surface area contributed by atoms with E-state index in [1.54, 1.807) is 6.07 Å². The third-order valence-corrected chi connectivity index (χ3v) is 4.63. The van der Waals surface area contributed by atoms with Crippen LogP contribution in [0.25, 0.3) is 0 Å². The highest BCUT2D eigenvalue weighted by atomic mass is 79.9. The van der Waals surface area contributed by atoms with Gasteiger partial charge in [0.05, 0.1) is 5.02 Å². The van der Waals surface area contributed by atoms with Gasteiger partial charge in [-0.3, -0.25) is 0 Å². The first-order valence-corrected chi connectivity index (χ1v) is 8.04.